The molecule has 0 saturated carbocycles. The Morgan fingerprint density at radius 1 is 1.00 bits per heavy atom. The van der Waals surface area contributed by atoms with E-state index in [9.17, 15) is 9.59 Å². The number of aromatic nitrogens is 1. The Morgan fingerprint density at radius 2 is 1.67 bits per heavy atom. The molecule has 3 heterocycles. The molecule has 140 valence electrons. The van der Waals surface area contributed by atoms with Gasteiger partial charge in [0.05, 0.1) is 16.3 Å². The van der Waals surface area contributed by atoms with Gasteiger partial charge < -0.3 is 14.4 Å². The molecule has 6 heteroatoms. The molecule has 1 fully saturated rings. The van der Waals surface area contributed by atoms with Gasteiger partial charge in [0.25, 0.3) is 5.91 Å². The van der Waals surface area contributed by atoms with Crippen molar-refractivity contribution in [1.82, 2.24) is 14.4 Å². The summed E-state index contributed by atoms with van der Waals surface area (Å²) in [6.07, 6.45) is 0. The third kappa shape index (κ3) is 3.25. The molecule has 2 amide bonds. The molecule has 27 heavy (non-hydrogen) atoms. The minimum atomic E-state index is 0.0457. The Kier molecular flexibility index (Phi) is 4.74. The summed E-state index contributed by atoms with van der Waals surface area (Å²) >= 11 is 1.66. The average molecular weight is 382 g/mol. The SMILES string of the molecule is CC(=O)N1CCN(C(=O)c2cc3sccc3n2[C@H](C)c2ccccc2)CC1. The zero-order chi connectivity index (χ0) is 19.0. The number of carbonyl (C=O) groups excluding carboxylic acids is 2. The quantitative estimate of drug-likeness (QED) is 0.696. The first-order chi connectivity index (χ1) is 13.1. The van der Waals surface area contributed by atoms with Crippen molar-refractivity contribution in [3.05, 3.63) is 59.1 Å². The van der Waals surface area contributed by atoms with E-state index in [-0.39, 0.29) is 17.9 Å². The van der Waals surface area contributed by atoms with Crippen LogP contribution in [-0.4, -0.2) is 52.4 Å². The van der Waals surface area contributed by atoms with Gasteiger partial charge in [-0.3, -0.25) is 9.59 Å². The summed E-state index contributed by atoms with van der Waals surface area (Å²) in [6.45, 7) is 6.08. The van der Waals surface area contributed by atoms with E-state index in [0.717, 1.165) is 15.9 Å². The van der Waals surface area contributed by atoms with Crippen molar-refractivity contribution in [1.29, 1.82) is 0 Å². The first-order valence-corrected chi connectivity index (χ1v) is 10.1. The maximum Gasteiger partial charge on any atom is 0.270 e. The molecular weight excluding hydrogens is 358 g/mol. The highest BCUT2D eigenvalue weighted by Crippen LogP contribution is 2.32. The van der Waals surface area contributed by atoms with Crippen molar-refractivity contribution >= 4 is 33.4 Å². The second-order valence-corrected chi connectivity index (χ2v) is 7.90. The van der Waals surface area contributed by atoms with Crippen molar-refractivity contribution in [2.75, 3.05) is 26.2 Å². The van der Waals surface area contributed by atoms with Gasteiger partial charge in [-0.2, -0.15) is 0 Å². The highest BCUT2D eigenvalue weighted by atomic mass is 32.1. The van der Waals surface area contributed by atoms with E-state index in [1.54, 1.807) is 23.2 Å². The molecule has 2 aromatic heterocycles. The van der Waals surface area contributed by atoms with Gasteiger partial charge in [-0.05, 0) is 30.0 Å². The first kappa shape index (κ1) is 17.8. The van der Waals surface area contributed by atoms with E-state index in [1.165, 1.54) is 5.56 Å². The predicted molar refractivity (Wildman–Crippen MR) is 108 cm³/mol. The number of thiophene rings is 1. The molecule has 0 spiro atoms. The molecule has 1 saturated heterocycles. The minimum absolute atomic E-state index is 0.0457. The number of piperazine rings is 1. The number of fused-ring (bicyclic) bond motifs is 1. The Bertz CT molecular complexity index is 968. The van der Waals surface area contributed by atoms with Gasteiger partial charge in [0.1, 0.15) is 5.69 Å². The van der Waals surface area contributed by atoms with Crippen molar-refractivity contribution in [3.8, 4) is 0 Å². The summed E-state index contributed by atoms with van der Waals surface area (Å²) in [5.74, 6) is 0.119. The molecule has 1 atom stereocenters. The molecular formula is C21H23N3O2S. The lowest BCUT2D eigenvalue weighted by molar-refractivity contribution is -0.130. The molecule has 0 radical (unpaired) electrons. The van der Waals surface area contributed by atoms with Gasteiger partial charge in [-0.15, -0.1) is 11.3 Å². The third-order valence-corrected chi connectivity index (χ3v) is 6.21. The Hall–Kier alpha value is -2.60. The monoisotopic (exact) mass is 381 g/mol. The van der Waals surface area contributed by atoms with Crippen molar-refractivity contribution < 1.29 is 9.59 Å². The lowest BCUT2D eigenvalue weighted by Crippen LogP contribution is -2.50. The normalized spacial score (nSPS) is 15.9. The highest BCUT2D eigenvalue weighted by Gasteiger charge is 2.28. The third-order valence-electron chi connectivity index (χ3n) is 5.36. The molecule has 0 N–H and O–H groups in total. The molecule has 1 aromatic carbocycles. The smallest absolute Gasteiger partial charge is 0.270 e. The molecule has 5 nitrogen and oxygen atoms in total. The van der Waals surface area contributed by atoms with Crippen LogP contribution in [0.15, 0.2) is 47.8 Å². The summed E-state index contributed by atoms with van der Waals surface area (Å²) in [5, 5.41) is 2.07. The van der Waals surface area contributed by atoms with Crippen LogP contribution in [0.3, 0.4) is 0 Å². The fourth-order valence-corrected chi connectivity index (χ4v) is 4.60. The van der Waals surface area contributed by atoms with Crippen LogP contribution < -0.4 is 0 Å². The standard InChI is InChI=1S/C21H23N3O2S/c1-15(17-6-4-3-5-7-17)24-18-8-13-27-20(18)14-19(24)21(26)23-11-9-22(10-12-23)16(2)25/h3-8,13-15H,9-12H2,1-2H3/t15-/m1/s1. The van der Waals surface area contributed by atoms with Crippen LogP contribution in [-0.2, 0) is 4.79 Å². The van der Waals surface area contributed by atoms with Crippen LogP contribution in [0.2, 0.25) is 0 Å². The first-order valence-electron chi connectivity index (χ1n) is 9.24. The molecule has 4 rings (SSSR count). The van der Waals surface area contributed by atoms with E-state index >= 15 is 0 Å². The maximum atomic E-state index is 13.3. The molecule has 0 aliphatic carbocycles. The number of benzene rings is 1. The van der Waals surface area contributed by atoms with Gasteiger partial charge >= 0.3 is 0 Å². The zero-order valence-electron chi connectivity index (χ0n) is 15.6. The Labute approximate surface area is 162 Å². The van der Waals surface area contributed by atoms with Crippen LogP contribution in [0.25, 0.3) is 10.2 Å². The second kappa shape index (κ2) is 7.19. The van der Waals surface area contributed by atoms with Crippen LogP contribution >= 0.6 is 11.3 Å². The van der Waals surface area contributed by atoms with E-state index in [1.807, 2.05) is 29.2 Å². The van der Waals surface area contributed by atoms with Crippen molar-refractivity contribution in [2.45, 2.75) is 19.9 Å². The summed E-state index contributed by atoms with van der Waals surface area (Å²) in [4.78, 5) is 28.5. The number of rotatable bonds is 3. The topological polar surface area (TPSA) is 45.6 Å². The largest absolute Gasteiger partial charge is 0.339 e. The van der Waals surface area contributed by atoms with E-state index in [4.69, 9.17) is 0 Å². The molecule has 1 aliphatic heterocycles. The van der Waals surface area contributed by atoms with Gasteiger partial charge in [0, 0.05) is 33.1 Å². The lowest BCUT2D eigenvalue weighted by atomic mass is 10.1. The van der Waals surface area contributed by atoms with Crippen molar-refractivity contribution in [3.63, 3.8) is 0 Å². The van der Waals surface area contributed by atoms with Crippen molar-refractivity contribution in [2.24, 2.45) is 0 Å². The van der Waals surface area contributed by atoms with E-state index in [2.05, 4.69) is 35.1 Å². The second-order valence-electron chi connectivity index (χ2n) is 6.95. The lowest BCUT2D eigenvalue weighted by Gasteiger charge is -2.34. The fraction of sp³-hybridized carbons (Fsp3) is 0.333. The number of hydrogen-bond donors (Lipinski definition) is 0. The number of nitrogens with zero attached hydrogens (tertiary/aromatic N) is 3. The average Bonchev–Trinajstić information content (AvgIpc) is 3.28. The number of hydrogen-bond acceptors (Lipinski definition) is 3. The summed E-state index contributed by atoms with van der Waals surface area (Å²) in [6, 6.07) is 14.4. The fourth-order valence-electron chi connectivity index (χ4n) is 3.79. The van der Waals surface area contributed by atoms with Gasteiger partial charge in [-0.1, -0.05) is 30.3 Å². The van der Waals surface area contributed by atoms with Gasteiger partial charge in [0.15, 0.2) is 0 Å². The van der Waals surface area contributed by atoms with Crippen LogP contribution in [0, 0.1) is 0 Å². The summed E-state index contributed by atoms with van der Waals surface area (Å²) in [5.41, 5.74) is 3.00. The molecule has 1 aliphatic rings. The van der Waals surface area contributed by atoms with Crippen LogP contribution in [0.4, 0.5) is 0 Å². The maximum absolute atomic E-state index is 13.3. The highest BCUT2D eigenvalue weighted by molar-refractivity contribution is 7.17. The molecule has 0 bridgehead atoms. The van der Waals surface area contributed by atoms with Crippen LogP contribution in [0.5, 0.6) is 0 Å². The van der Waals surface area contributed by atoms with Crippen LogP contribution in [0.1, 0.15) is 35.9 Å². The number of carbonyl (C=O) groups is 2. The van der Waals surface area contributed by atoms with Gasteiger partial charge in [0.2, 0.25) is 5.91 Å². The minimum Gasteiger partial charge on any atom is -0.339 e. The van der Waals surface area contributed by atoms with Gasteiger partial charge in [-0.25, -0.2) is 0 Å². The van der Waals surface area contributed by atoms with E-state index in [0.29, 0.717) is 26.2 Å². The Balaban J connectivity index is 1.67. The summed E-state index contributed by atoms with van der Waals surface area (Å²) in [7, 11) is 0. The van der Waals surface area contributed by atoms with E-state index < -0.39 is 0 Å². The molecule has 3 aromatic rings. The molecule has 0 unspecified atom stereocenters. The number of amides is 2. The Morgan fingerprint density at radius 3 is 2.33 bits per heavy atom. The predicted octanol–water partition coefficient (Wildman–Crippen LogP) is 3.62. The summed E-state index contributed by atoms with van der Waals surface area (Å²) < 4.78 is 3.28. The zero-order valence-corrected chi connectivity index (χ0v) is 16.4.